The van der Waals surface area contributed by atoms with Crippen LogP contribution in [0, 0.1) is 0 Å². The van der Waals surface area contributed by atoms with Gasteiger partial charge in [0, 0.05) is 0 Å². The van der Waals surface area contributed by atoms with Gasteiger partial charge in [0.15, 0.2) is 0 Å². The van der Waals surface area contributed by atoms with Gasteiger partial charge >= 0.3 is 0 Å². The number of nitrogens with two attached hydrogens (primary N) is 1. The van der Waals surface area contributed by atoms with Crippen LogP contribution in [0.5, 0.6) is 11.5 Å². The Hall–Kier alpha value is -2.82. The summed E-state index contributed by atoms with van der Waals surface area (Å²) >= 11 is 0. The van der Waals surface area contributed by atoms with Crippen LogP contribution in [-0.2, 0) is 10.2 Å². The smallest absolute Gasteiger partial charge is 0.255 e. The fourth-order valence-corrected chi connectivity index (χ4v) is 2.47. The lowest BCUT2D eigenvalue weighted by Gasteiger charge is -2.19. The van der Waals surface area contributed by atoms with E-state index in [1.54, 1.807) is 12.1 Å². The molecule has 0 atom stereocenters. The highest BCUT2D eigenvalue weighted by atomic mass is 16.5. The second kappa shape index (κ2) is 6.00. The van der Waals surface area contributed by atoms with Crippen LogP contribution in [0.2, 0.25) is 0 Å². The molecule has 0 aliphatic carbocycles. The van der Waals surface area contributed by atoms with Crippen molar-refractivity contribution in [3.05, 3.63) is 54.1 Å². The highest BCUT2D eigenvalue weighted by Gasteiger charge is 2.23. The lowest BCUT2D eigenvalue weighted by Crippen LogP contribution is -2.19. The molecule has 0 bridgehead atoms. The molecule has 1 amide bonds. The molecular weight excluding hydrogens is 302 g/mol. The number of ether oxygens (including phenoxy) is 1. The average molecular weight is 323 g/mol. The van der Waals surface area contributed by atoms with Gasteiger partial charge in [0.2, 0.25) is 0 Å². The highest BCUT2D eigenvalue weighted by Crippen LogP contribution is 2.28. The predicted octanol–water partition coefficient (Wildman–Crippen LogP) is 3.79. The number of rotatable bonds is 3. The van der Waals surface area contributed by atoms with Crippen molar-refractivity contribution in [2.45, 2.75) is 32.6 Å². The fraction of sp³-hybridized carbons (Fsp3) is 0.263. The van der Waals surface area contributed by atoms with Gasteiger partial charge in [0.25, 0.3) is 5.91 Å². The van der Waals surface area contributed by atoms with Crippen molar-refractivity contribution in [2.24, 2.45) is 10.8 Å². The Morgan fingerprint density at radius 2 is 1.54 bits per heavy atom. The minimum atomic E-state index is -0.126. The lowest BCUT2D eigenvalue weighted by molar-refractivity contribution is -0.116. The normalized spacial score (nSPS) is 14.7. The number of nitrogens with zero attached hydrogens (tertiary/aromatic N) is 2. The molecule has 1 aliphatic rings. The quantitative estimate of drug-likeness (QED) is 0.934. The number of hydrazone groups is 1. The Balaban J connectivity index is 1.72. The Bertz CT molecular complexity index is 772. The third-order valence-corrected chi connectivity index (χ3v) is 3.83. The molecule has 0 spiro atoms. The van der Waals surface area contributed by atoms with Crippen molar-refractivity contribution in [2.75, 3.05) is 5.01 Å². The SMILES string of the molecule is CC(C)(C)c1ccc(Oc2ccc(N3N=C(N)CC3=O)cc2)cc1. The molecule has 3 rings (SSSR count). The molecule has 5 heteroatoms. The Morgan fingerprint density at radius 1 is 1.00 bits per heavy atom. The predicted molar refractivity (Wildman–Crippen MR) is 95.4 cm³/mol. The van der Waals surface area contributed by atoms with Crippen LogP contribution in [0.3, 0.4) is 0 Å². The molecule has 5 nitrogen and oxygen atoms in total. The van der Waals surface area contributed by atoms with Gasteiger partial charge in [0.05, 0.1) is 12.1 Å². The first-order valence-corrected chi connectivity index (χ1v) is 7.87. The maximum atomic E-state index is 11.8. The van der Waals surface area contributed by atoms with Crippen LogP contribution in [-0.4, -0.2) is 11.7 Å². The van der Waals surface area contributed by atoms with Crippen molar-refractivity contribution in [1.82, 2.24) is 0 Å². The highest BCUT2D eigenvalue weighted by molar-refractivity contribution is 6.11. The summed E-state index contributed by atoms with van der Waals surface area (Å²) in [5.41, 5.74) is 7.64. The van der Waals surface area contributed by atoms with Crippen molar-refractivity contribution in [1.29, 1.82) is 0 Å². The summed E-state index contributed by atoms with van der Waals surface area (Å²) in [7, 11) is 0. The summed E-state index contributed by atoms with van der Waals surface area (Å²) in [6.45, 7) is 6.53. The van der Waals surface area contributed by atoms with Gasteiger partial charge in [-0.05, 0) is 47.4 Å². The number of amides is 1. The summed E-state index contributed by atoms with van der Waals surface area (Å²) in [5.74, 6) is 1.68. The van der Waals surface area contributed by atoms with E-state index in [0.717, 1.165) is 5.75 Å². The van der Waals surface area contributed by atoms with Gasteiger partial charge in [0.1, 0.15) is 17.3 Å². The van der Waals surface area contributed by atoms with E-state index in [1.807, 2.05) is 24.3 Å². The second-order valence-electron chi connectivity index (χ2n) is 6.84. The third-order valence-electron chi connectivity index (χ3n) is 3.83. The summed E-state index contributed by atoms with van der Waals surface area (Å²) in [5, 5.41) is 5.34. The summed E-state index contributed by atoms with van der Waals surface area (Å²) < 4.78 is 5.85. The molecule has 0 fully saturated rings. The molecule has 0 saturated heterocycles. The van der Waals surface area contributed by atoms with E-state index in [0.29, 0.717) is 17.3 Å². The molecule has 24 heavy (non-hydrogen) atoms. The largest absolute Gasteiger partial charge is 0.457 e. The number of hydrogen-bond acceptors (Lipinski definition) is 4. The monoisotopic (exact) mass is 323 g/mol. The molecule has 2 aromatic rings. The van der Waals surface area contributed by atoms with Crippen molar-refractivity contribution < 1.29 is 9.53 Å². The van der Waals surface area contributed by atoms with Crippen LogP contribution in [0.25, 0.3) is 0 Å². The molecule has 1 aliphatic heterocycles. The van der Waals surface area contributed by atoms with E-state index in [-0.39, 0.29) is 17.7 Å². The molecule has 2 N–H and O–H groups in total. The van der Waals surface area contributed by atoms with E-state index < -0.39 is 0 Å². The average Bonchev–Trinajstić information content (AvgIpc) is 2.86. The zero-order chi connectivity index (χ0) is 17.3. The van der Waals surface area contributed by atoms with Crippen molar-refractivity contribution in [3.8, 4) is 11.5 Å². The van der Waals surface area contributed by atoms with Gasteiger partial charge in [-0.15, -0.1) is 0 Å². The van der Waals surface area contributed by atoms with Crippen LogP contribution >= 0.6 is 0 Å². The molecule has 124 valence electrons. The number of hydrogen-bond donors (Lipinski definition) is 1. The maximum absolute atomic E-state index is 11.8. The van der Waals surface area contributed by atoms with E-state index >= 15 is 0 Å². The number of carbonyl (C=O) groups is 1. The number of anilines is 1. The number of carbonyl (C=O) groups excluding carboxylic acids is 1. The first-order valence-electron chi connectivity index (χ1n) is 7.87. The Morgan fingerprint density at radius 3 is 2.00 bits per heavy atom. The molecule has 0 unspecified atom stereocenters. The minimum absolute atomic E-state index is 0.116. The standard InChI is InChI=1S/C19H21N3O2/c1-19(2,3)13-4-8-15(9-5-13)24-16-10-6-14(7-11-16)22-18(23)12-17(20)21-22/h4-11H,12H2,1-3H3,(H2,20,21). The van der Waals surface area contributed by atoms with E-state index in [2.05, 4.69) is 38.0 Å². The summed E-state index contributed by atoms with van der Waals surface area (Å²) in [6.07, 6.45) is 0.165. The molecular formula is C19H21N3O2. The van der Waals surface area contributed by atoms with E-state index in [9.17, 15) is 4.79 Å². The molecule has 0 radical (unpaired) electrons. The Labute approximate surface area is 141 Å². The van der Waals surface area contributed by atoms with Gasteiger partial charge in [-0.1, -0.05) is 32.9 Å². The number of benzene rings is 2. The van der Waals surface area contributed by atoms with Gasteiger partial charge in [-0.2, -0.15) is 10.1 Å². The third kappa shape index (κ3) is 3.40. The topological polar surface area (TPSA) is 67.9 Å². The van der Waals surface area contributed by atoms with Crippen LogP contribution in [0.15, 0.2) is 53.6 Å². The fourth-order valence-electron chi connectivity index (χ4n) is 2.47. The van der Waals surface area contributed by atoms with Crippen LogP contribution in [0.4, 0.5) is 5.69 Å². The van der Waals surface area contributed by atoms with Crippen LogP contribution < -0.4 is 15.5 Å². The molecule has 0 saturated carbocycles. The zero-order valence-corrected chi connectivity index (χ0v) is 14.1. The minimum Gasteiger partial charge on any atom is -0.457 e. The first-order chi connectivity index (χ1) is 11.3. The zero-order valence-electron chi connectivity index (χ0n) is 14.1. The van der Waals surface area contributed by atoms with Crippen LogP contribution in [0.1, 0.15) is 32.8 Å². The number of amidine groups is 1. The van der Waals surface area contributed by atoms with Gasteiger partial charge in [-0.25, -0.2) is 0 Å². The lowest BCUT2D eigenvalue weighted by atomic mass is 9.87. The van der Waals surface area contributed by atoms with Crippen molar-refractivity contribution >= 4 is 17.4 Å². The van der Waals surface area contributed by atoms with Gasteiger partial charge in [-0.3, -0.25) is 4.79 Å². The second-order valence-corrected chi connectivity index (χ2v) is 6.84. The van der Waals surface area contributed by atoms with Crippen molar-refractivity contribution in [3.63, 3.8) is 0 Å². The summed E-state index contributed by atoms with van der Waals surface area (Å²) in [4.78, 5) is 11.8. The molecule has 0 aromatic heterocycles. The van der Waals surface area contributed by atoms with E-state index in [1.165, 1.54) is 10.6 Å². The molecule has 2 aromatic carbocycles. The first kappa shape index (κ1) is 16.1. The van der Waals surface area contributed by atoms with E-state index in [4.69, 9.17) is 10.5 Å². The maximum Gasteiger partial charge on any atom is 0.255 e. The van der Waals surface area contributed by atoms with Gasteiger partial charge < -0.3 is 10.5 Å². The summed E-state index contributed by atoms with van der Waals surface area (Å²) in [6, 6.07) is 15.3. The Kier molecular flexibility index (Phi) is 4.01. The molecule has 1 heterocycles.